The number of aromatic nitrogens is 2. The highest BCUT2D eigenvalue weighted by Crippen LogP contribution is 2.35. The Balaban J connectivity index is 1.75. The first kappa shape index (κ1) is 11.9. The van der Waals surface area contributed by atoms with E-state index in [9.17, 15) is 0 Å². The summed E-state index contributed by atoms with van der Waals surface area (Å²) in [5.41, 5.74) is 1.47. The van der Waals surface area contributed by atoms with Crippen LogP contribution in [0.4, 0.5) is 0 Å². The lowest BCUT2D eigenvalue weighted by Gasteiger charge is -2.02. The lowest BCUT2D eigenvalue weighted by atomic mass is 10.2. The summed E-state index contributed by atoms with van der Waals surface area (Å²) in [5, 5.41) is 7.29. The summed E-state index contributed by atoms with van der Waals surface area (Å²) in [6.07, 6.45) is 3.69. The van der Waals surface area contributed by atoms with Crippen molar-refractivity contribution in [3.63, 3.8) is 0 Å². The first-order valence-corrected chi connectivity index (χ1v) is 7.22. The van der Waals surface area contributed by atoms with Gasteiger partial charge in [0.1, 0.15) is 0 Å². The minimum atomic E-state index is 0.428. The third kappa shape index (κ3) is 2.33. The fraction of sp³-hybridized carbons (Fsp3) is 0.538. The van der Waals surface area contributed by atoms with E-state index in [4.69, 9.17) is 4.52 Å². The maximum atomic E-state index is 5.33. The van der Waals surface area contributed by atoms with Crippen molar-refractivity contribution < 1.29 is 4.52 Å². The fourth-order valence-electron chi connectivity index (χ4n) is 2.16. The van der Waals surface area contributed by atoms with Crippen molar-refractivity contribution in [2.24, 2.45) is 0 Å². The molecule has 5 heteroatoms. The van der Waals surface area contributed by atoms with Crippen LogP contribution in [0.1, 0.15) is 36.5 Å². The van der Waals surface area contributed by atoms with Crippen molar-refractivity contribution in [3.8, 4) is 10.8 Å². The molecule has 1 N–H and O–H groups in total. The molecular formula is C13H17N3OS. The molecule has 1 aliphatic carbocycles. The van der Waals surface area contributed by atoms with E-state index in [1.807, 2.05) is 0 Å². The van der Waals surface area contributed by atoms with Crippen molar-refractivity contribution in [2.45, 2.75) is 45.7 Å². The van der Waals surface area contributed by atoms with Crippen LogP contribution < -0.4 is 5.32 Å². The van der Waals surface area contributed by atoms with E-state index in [2.05, 4.69) is 35.4 Å². The standard InChI is InChI=1S/C13H17N3OS/c1-8(2)14-7-12-15-13(17-16-12)11-6-9-4-3-5-10(9)18-11/h6,8,14H,3-5,7H2,1-2H3. The molecule has 0 radical (unpaired) electrons. The molecule has 0 aromatic carbocycles. The third-order valence-electron chi connectivity index (χ3n) is 3.09. The van der Waals surface area contributed by atoms with Crippen LogP contribution in [0.15, 0.2) is 10.6 Å². The van der Waals surface area contributed by atoms with E-state index in [1.54, 1.807) is 11.3 Å². The van der Waals surface area contributed by atoms with Gasteiger partial charge in [0.15, 0.2) is 5.82 Å². The van der Waals surface area contributed by atoms with E-state index < -0.39 is 0 Å². The Labute approximate surface area is 110 Å². The van der Waals surface area contributed by atoms with E-state index in [0.29, 0.717) is 18.5 Å². The number of aryl methyl sites for hydroxylation is 2. The van der Waals surface area contributed by atoms with Crippen LogP contribution in [0.5, 0.6) is 0 Å². The van der Waals surface area contributed by atoms with Crippen LogP contribution in [0.25, 0.3) is 10.8 Å². The summed E-state index contributed by atoms with van der Waals surface area (Å²) in [4.78, 5) is 7.04. The van der Waals surface area contributed by atoms with Gasteiger partial charge in [0.25, 0.3) is 5.89 Å². The monoisotopic (exact) mass is 263 g/mol. The van der Waals surface area contributed by atoms with Crippen LogP contribution in [0, 0.1) is 0 Å². The molecule has 0 saturated carbocycles. The first-order chi connectivity index (χ1) is 8.72. The van der Waals surface area contributed by atoms with Crippen LogP contribution >= 0.6 is 11.3 Å². The fourth-order valence-corrected chi connectivity index (χ4v) is 3.33. The number of nitrogens with zero attached hydrogens (tertiary/aromatic N) is 2. The molecule has 0 bridgehead atoms. The highest BCUT2D eigenvalue weighted by atomic mass is 32.1. The zero-order valence-electron chi connectivity index (χ0n) is 10.7. The van der Waals surface area contributed by atoms with Crippen LogP contribution in [-0.2, 0) is 19.4 Å². The second-order valence-electron chi connectivity index (χ2n) is 4.96. The van der Waals surface area contributed by atoms with Gasteiger partial charge in [0.2, 0.25) is 0 Å². The largest absolute Gasteiger partial charge is 0.333 e. The smallest absolute Gasteiger partial charge is 0.268 e. The molecule has 0 unspecified atom stereocenters. The topological polar surface area (TPSA) is 51.0 Å². The minimum absolute atomic E-state index is 0.428. The molecular weight excluding hydrogens is 246 g/mol. The number of hydrogen-bond acceptors (Lipinski definition) is 5. The van der Waals surface area contributed by atoms with Crippen LogP contribution in [0.2, 0.25) is 0 Å². The molecule has 2 aromatic heterocycles. The predicted octanol–water partition coefficient (Wildman–Crippen LogP) is 2.78. The van der Waals surface area contributed by atoms with Gasteiger partial charge in [-0.25, -0.2) is 0 Å². The molecule has 2 aromatic rings. The maximum absolute atomic E-state index is 5.33. The minimum Gasteiger partial charge on any atom is -0.333 e. The molecule has 96 valence electrons. The Morgan fingerprint density at radius 1 is 1.44 bits per heavy atom. The zero-order chi connectivity index (χ0) is 12.5. The lowest BCUT2D eigenvalue weighted by molar-refractivity contribution is 0.418. The van der Waals surface area contributed by atoms with Gasteiger partial charge in [-0.2, -0.15) is 4.98 Å². The molecule has 0 spiro atoms. The average molecular weight is 263 g/mol. The summed E-state index contributed by atoms with van der Waals surface area (Å²) >= 11 is 1.80. The van der Waals surface area contributed by atoms with Gasteiger partial charge in [0.05, 0.1) is 11.4 Å². The van der Waals surface area contributed by atoms with Crippen LogP contribution in [-0.4, -0.2) is 16.2 Å². The van der Waals surface area contributed by atoms with Gasteiger partial charge in [-0.1, -0.05) is 19.0 Å². The van der Waals surface area contributed by atoms with E-state index >= 15 is 0 Å². The van der Waals surface area contributed by atoms with Crippen molar-refractivity contribution in [3.05, 3.63) is 22.3 Å². The normalized spacial score (nSPS) is 14.4. The Hall–Kier alpha value is -1.20. The van der Waals surface area contributed by atoms with Gasteiger partial charge >= 0.3 is 0 Å². The molecule has 18 heavy (non-hydrogen) atoms. The number of thiophene rings is 1. The summed E-state index contributed by atoms with van der Waals surface area (Å²) in [6.45, 7) is 4.86. The second-order valence-corrected chi connectivity index (χ2v) is 6.10. The molecule has 0 saturated heterocycles. The number of hydrogen-bond donors (Lipinski definition) is 1. The van der Waals surface area contributed by atoms with Crippen molar-refractivity contribution in [1.82, 2.24) is 15.5 Å². The van der Waals surface area contributed by atoms with Crippen molar-refractivity contribution in [1.29, 1.82) is 0 Å². The molecule has 1 aliphatic rings. The summed E-state index contributed by atoms with van der Waals surface area (Å²) < 4.78 is 5.33. The molecule has 2 heterocycles. The highest BCUT2D eigenvalue weighted by molar-refractivity contribution is 7.15. The Morgan fingerprint density at radius 3 is 3.11 bits per heavy atom. The molecule has 4 nitrogen and oxygen atoms in total. The van der Waals surface area contributed by atoms with Gasteiger partial charge in [-0.05, 0) is 30.9 Å². The number of fused-ring (bicyclic) bond motifs is 1. The van der Waals surface area contributed by atoms with E-state index in [1.165, 1.54) is 29.7 Å². The number of rotatable bonds is 4. The lowest BCUT2D eigenvalue weighted by Crippen LogP contribution is -2.22. The average Bonchev–Trinajstić information content (AvgIpc) is 3.00. The number of nitrogens with one attached hydrogen (secondary N) is 1. The molecule has 0 atom stereocenters. The predicted molar refractivity (Wildman–Crippen MR) is 71.6 cm³/mol. The zero-order valence-corrected chi connectivity index (χ0v) is 11.5. The van der Waals surface area contributed by atoms with Gasteiger partial charge in [-0.3, -0.25) is 0 Å². The van der Waals surface area contributed by atoms with Crippen molar-refractivity contribution >= 4 is 11.3 Å². The molecule has 3 rings (SSSR count). The Morgan fingerprint density at radius 2 is 2.33 bits per heavy atom. The Bertz CT molecular complexity index is 523. The molecule has 0 amide bonds. The third-order valence-corrected chi connectivity index (χ3v) is 4.32. The van der Waals surface area contributed by atoms with Crippen molar-refractivity contribution in [2.75, 3.05) is 0 Å². The van der Waals surface area contributed by atoms with Gasteiger partial charge in [0, 0.05) is 10.9 Å². The summed E-state index contributed by atoms with van der Waals surface area (Å²) in [6, 6.07) is 2.64. The van der Waals surface area contributed by atoms with E-state index in [0.717, 1.165) is 10.7 Å². The second kappa shape index (κ2) is 4.82. The first-order valence-electron chi connectivity index (χ1n) is 6.40. The maximum Gasteiger partial charge on any atom is 0.268 e. The SMILES string of the molecule is CC(C)NCc1noc(-c2cc3c(s2)CCC3)n1. The van der Waals surface area contributed by atoms with Gasteiger partial charge in [-0.15, -0.1) is 11.3 Å². The molecule has 0 fully saturated rings. The summed E-state index contributed by atoms with van der Waals surface area (Å²) in [7, 11) is 0. The highest BCUT2D eigenvalue weighted by Gasteiger charge is 2.18. The Kier molecular flexibility index (Phi) is 3.18. The van der Waals surface area contributed by atoms with Crippen LogP contribution in [0.3, 0.4) is 0 Å². The quantitative estimate of drug-likeness (QED) is 0.921. The summed E-state index contributed by atoms with van der Waals surface area (Å²) in [5.74, 6) is 1.39. The molecule has 0 aliphatic heterocycles. The van der Waals surface area contributed by atoms with E-state index in [-0.39, 0.29) is 0 Å². The van der Waals surface area contributed by atoms with Gasteiger partial charge < -0.3 is 9.84 Å².